The van der Waals surface area contributed by atoms with Crippen LogP contribution in [0.4, 0.5) is 0 Å². The molecule has 0 aromatic heterocycles. The third kappa shape index (κ3) is 5.50. The first-order valence-electron chi connectivity index (χ1n) is 10.5. The largest absolute Gasteiger partial charge is 0.493 e. The van der Waals surface area contributed by atoms with Crippen LogP contribution in [0.2, 0.25) is 0 Å². The van der Waals surface area contributed by atoms with E-state index in [9.17, 15) is 0 Å². The van der Waals surface area contributed by atoms with Crippen molar-refractivity contribution in [2.75, 3.05) is 61.2 Å². The SMILES string of the molecule is CCNC(=NCC1(N(C)C)CCOCC1)N1CCc2cc(OC)c(OC)cc2C1.I. The number of halogens is 1. The summed E-state index contributed by atoms with van der Waals surface area (Å²) in [7, 11) is 7.69. The smallest absolute Gasteiger partial charge is 0.194 e. The van der Waals surface area contributed by atoms with Gasteiger partial charge in [0, 0.05) is 38.4 Å². The van der Waals surface area contributed by atoms with E-state index in [-0.39, 0.29) is 29.5 Å². The Morgan fingerprint density at radius 2 is 1.80 bits per heavy atom. The Bertz CT molecular complexity index is 721. The lowest BCUT2D eigenvalue weighted by Crippen LogP contribution is -2.52. The Labute approximate surface area is 198 Å². The number of hydrogen-bond acceptors (Lipinski definition) is 5. The molecule has 2 aliphatic rings. The van der Waals surface area contributed by atoms with Crippen molar-refractivity contribution < 1.29 is 14.2 Å². The number of benzene rings is 1. The number of ether oxygens (including phenoxy) is 3. The van der Waals surface area contributed by atoms with Gasteiger partial charge in [-0.3, -0.25) is 4.99 Å². The predicted molar refractivity (Wildman–Crippen MR) is 132 cm³/mol. The van der Waals surface area contributed by atoms with Crippen LogP contribution in [0.15, 0.2) is 17.1 Å². The van der Waals surface area contributed by atoms with Crippen molar-refractivity contribution >= 4 is 29.9 Å². The van der Waals surface area contributed by atoms with Gasteiger partial charge in [0.2, 0.25) is 0 Å². The molecule has 0 spiro atoms. The summed E-state index contributed by atoms with van der Waals surface area (Å²) in [5, 5.41) is 3.50. The number of nitrogens with one attached hydrogen (secondary N) is 1. The highest BCUT2D eigenvalue weighted by Crippen LogP contribution is 2.33. The van der Waals surface area contributed by atoms with E-state index in [4.69, 9.17) is 19.2 Å². The van der Waals surface area contributed by atoms with E-state index < -0.39 is 0 Å². The minimum absolute atomic E-state index is 0. The van der Waals surface area contributed by atoms with Gasteiger partial charge in [-0.2, -0.15) is 0 Å². The molecule has 0 bridgehead atoms. The predicted octanol–water partition coefficient (Wildman–Crippen LogP) is 2.76. The van der Waals surface area contributed by atoms with Gasteiger partial charge in [0.15, 0.2) is 17.5 Å². The van der Waals surface area contributed by atoms with Crippen LogP contribution in [-0.4, -0.2) is 82.5 Å². The second kappa shape index (κ2) is 11.4. The standard InChI is InChI=1S/C22H36N4O3.HI/c1-6-23-21(24-16-22(25(2)3)8-11-29-12-9-22)26-10-7-17-13-19(27-4)20(28-5)14-18(17)15-26;/h13-14H,6-12,15-16H2,1-5H3,(H,23,24);1H. The lowest BCUT2D eigenvalue weighted by molar-refractivity contribution is -0.00265. The first-order chi connectivity index (χ1) is 14.0. The number of nitrogens with zero attached hydrogens (tertiary/aromatic N) is 3. The highest BCUT2D eigenvalue weighted by atomic mass is 127. The summed E-state index contributed by atoms with van der Waals surface area (Å²) in [5.74, 6) is 2.57. The summed E-state index contributed by atoms with van der Waals surface area (Å²) in [6, 6.07) is 4.21. The van der Waals surface area contributed by atoms with Crippen molar-refractivity contribution in [1.82, 2.24) is 15.1 Å². The summed E-state index contributed by atoms with van der Waals surface area (Å²) in [5.41, 5.74) is 2.67. The van der Waals surface area contributed by atoms with Crippen molar-refractivity contribution in [1.29, 1.82) is 0 Å². The molecule has 1 saturated heterocycles. The van der Waals surface area contributed by atoms with Crippen LogP contribution in [0.1, 0.15) is 30.9 Å². The highest BCUT2D eigenvalue weighted by Gasteiger charge is 2.35. The highest BCUT2D eigenvalue weighted by molar-refractivity contribution is 14.0. The molecule has 0 aliphatic carbocycles. The van der Waals surface area contributed by atoms with Crippen LogP contribution in [0, 0.1) is 0 Å². The minimum Gasteiger partial charge on any atom is -0.493 e. The number of aliphatic imine (C=N–C) groups is 1. The Kier molecular flexibility index (Phi) is 9.49. The fourth-order valence-corrected chi connectivity index (χ4v) is 4.21. The van der Waals surface area contributed by atoms with Gasteiger partial charge in [0.05, 0.1) is 20.8 Å². The van der Waals surface area contributed by atoms with E-state index in [1.807, 2.05) is 0 Å². The molecule has 1 N–H and O–H groups in total. The summed E-state index contributed by atoms with van der Waals surface area (Å²) < 4.78 is 16.6. The Morgan fingerprint density at radius 1 is 1.17 bits per heavy atom. The van der Waals surface area contributed by atoms with E-state index in [0.29, 0.717) is 0 Å². The van der Waals surface area contributed by atoms with Crippen molar-refractivity contribution in [2.24, 2.45) is 4.99 Å². The second-order valence-electron chi connectivity index (χ2n) is 8.05. The molecule has 170 valence electrons. The van der Waals surface area contributed by atoms with Gasteiger partial charge < -0.3 is 29.3 Å². The zero-order chi connectivity index (χ0) is 20.9. The van der Waals surface area contributed by atoms with Gasteiger partial charge in [-0.05, 0) is 63.5 Å². The average Bonchev–Trinajstić information content (AvgIpc) is 2.75. The van der Waals surface area contributed by atoms with Gasteiger partial charge in [0.25, 0.3) is 0 Å². The quantitative estimate of drug-likeness (QED) is 0.346. The molecular formula is C22H37IN4O3. The van der Waals surface area contributed by atoms with Crippen LogP contribution in [-0.2, 0) is 17.7 Å². The number of fused-ring (bicyclic) bond motifs is 1. The maximum Gasteiger partial charge on any atom is 0.194 e. The summed E-state index contributed by atoms with van der Waals surface area (Å²) in [4.78, 5) is 9.75. The lowest BCUT2D eigenvalue weighted by Gasteiger charge is -2.42. The first-order valence-corrected chi connectivity index (χ1v) is 10.5. The molecule has 30 heavy (non-hydrogen) atoms. The normalized spacial score (nSPS) is 18.5. The second-order valence-corrected chi connectivity index (χ2v) is 8.05. The topological polar surface area (TPSA) is 58.6 Å². The Morgan fingerprint density at radius 3 is 2.37 bits per heavy atom. The van der Waals surface area contributed by atoms with Crippen molar-refractivity contribution in [3.63, 3.8) is 0 Å². The van der Waals surface area contributed by atoms with Crippen molar-refractivity contribution in [2.45, 2.75) is 38.3 Å². The average molecular weight is 532 g/mol. The van der Waals surface area contributed by atoms with E-state index in [2.05, 4.69) is 48.3 Å². The molecule has 2 aliphatic heterocycles. The van der Waals surface area contributed by atoms with Crippen LogP contribution in [0.25, 0.3) is 0 Å². The van der Waals surface area contributed by atoms with Gasteiger partial charge in [-0.1, -0.05) is 0 Å². The molecule has 0 amide bonds. The summed E-state index contributed by atoms with van der Waals surface area (Å²) in [6.07, 6.45) is 3.00. The molecule has 2 heterocycles. The molecule has 0 atom stereocenters. The van der Waals surface area contributed by atoms with E-state index in [0.717, 1.165) is 76.1 Å². The third-order valence-electron chi connectivity index (χ3n) is 6.25. The van der Waals surface area contributed by atoms with E-state index >= 15 is 0 Å². The molecule has 1 aromatic rings. The Hall–Kier alpha value is -1.26. The van der Waals surface area contributed by atoms with E-state index in [1.54, 1.807) is 14.2 Å². The van der Waals surface area contributed by atoms with Crippen LogP contribution in [0.5, 0.6) is 11.5 Å². The fourth-order valence-electron chi connectivity index (χ4n) is 4.21. The molecule has 3 rings (SSSR count). The van der Waals surface area contributed by atoms with Crippen molar-refractivity contribution in [3.05, 3.63) is 23.3 Å². The third-order valence-corrected chi connectivity index (χ3v) is 6.25. The molecule has 1 fully saturated rings. The Balaban J connectivity index is 0.00000320. The van der Waals surface area contributed by atoms with Crippen LogP contribution < -0.4 is 14.8 Å². The molecule has 8 heteroatoms. The fraction of sp³-hybridized carbons (Fsp3) is 0.682. The molecular weight excluding hydrogens is 495 g/mol. The summed E-state index contributed by atoms with van der Waals surface area (Å²) in [6.45, 7) is 7.13. The lowest BCUT2D eigenvalue weighted by atomic mass is 9.89. The molecule has 0 radical (unpaired) electrons. The maximum atomic E-state index is 5.60. The minimum atomic E-state index is 0. The van der Waals surface area contributed by atoms with Gasteiger partial charge >= 0.3 is 0 Å². The van der Waals surface area contributed by atoms with E-state index in [1.165, 1.54) is 11.1 Å². The zero-order valence-electron chi connectivity index (χ0n) is 19.0. The van der Waals surface area contributed by atoms with Gasteiger partial charge in [-0.25, -0.2) is 0 Å². The number of likely N-dealkylation sites (N-methyl/N-ethyl adjacent to an activating group) is 1. The monoisotopic (exact) mass is 532 g/mol. The van der Waals surface area contributed by atoms with Crippen LogP contribution >= 0.6 is 24.0 Å². The summed E-state index contributed by atoms with van der Waals surface area (Å²) >= 11 is 0. The van der Waals surface area contributed by atoms with Gasteiger partial charge in [-0.15, -0.1) is 24.0 Å². The first kappa shape index (κ1) is 25.0. The number of rotatable bonds is 6. The van der Waals surface area contributed by atoms with Crippen LogP contribution in [0.3, 0.4) is 0 Å². The van der Waals surface area contributed by atoms with Gasteiger partial charge in [0.1, 0.15) is 0 Å². The maximum absolute atomic E-state index is 5.60. The molecule has 0 saturated carbocycles. The molecule has 7 nitrogen and oxygen atoms in total. The number of guanidine groups is 1. The zero-order valence-corrected chi connectivity index (χ0v) is 21.3. The molecule has 0 unspecified atom stereocenters. The molecule has 1 aromatic carbocycles. The number of methoxy groups -OCH3 is 2. The number of hydrogen-bond donors (Lipinski definition) is 1. The van der Waals surface area contributed by atoms with Crippen molar-refractivity contribution in [3.8, 4) is 11.5 Å².